The second-order valence-electron chi connectivity index (χ2n) is 7.19. The molecule has 1 aliphatic heterocycles. The highest BCUT2D eigenvalue weighted by molar-refractivity contribution is 14.0. The van der Waals surface area contributed by atoms with Crippen LogP contribution in [0.2, 0.25) is 0 Å². The number of fused-ring (bicyclic) bond motifs is 1. The minimum atomic E-state index is -0.0826. The number of nitrogens with one attached hydrogen (secondary N) is 2. The molecule has 0 radical (unpaired) electrons. The van der Waals surface area contributed by atoms with Crippen molar-refractivity contribution in [2.45, 2.75) is 32.6 Å². The van der Waals surface area contributed by atoms with Crippen LogP contribution in [0.4, 0.5) is 0 Å². The zero-order chi connectivity index (χ0) is 21.2. The molecule has 0 spiro atoms. The van der Waals surface area contributed by atoms with Crippen molar-refractivity contribution in [3.05, 3.63) is 42.5 Å². The molecule has 1 aliphatic rings. The zero-order valence-corrected chi connectivity index (χ0v) is 20.3. The number of rotatable bonds is 9. The minimum Gasteiger partial charge on any atom is -0.494 e. The number of hydrogen-bond acceptors (Lipinski definition) is 4. The number of hydrogen-bond donors (Lipinski definition) is 2. The molecule has 1 fully saturated rings. The standard InChI is InChI=1S/C23H30N4O3.HI/c1-2-24-23(26-14-15-27-21(28)9-5-10-22(27)29)25-13-6-16-30-20-12-11-18-7-3-4-8-19(18)17-20;/h3-4,7-8,11-12,17H,2,5-6,9-10,13-16H2,1H3,(H2,24,25,26);1H. The molecule has 2 aromatic carbocycles. The topological polar surface area (TPSA) is 83.0 Å². The van der Waals surface area contributed by atoms with Gasteiger partial charge in [-0.25, -0.2) is 0 Å². The van der Waals surface area contributed by atoms with Gasteiger partial charge < -0.3 is 15.4 Å². The summed E-state index contributed by atoms with van der Waals surface area (Å²) in [7, 11) is 0. The molecule has 1 heterocycles. The van der Waals surface area contributed by atoms with E-state index in [4.69, 9.17) is 4.74 Å². The van der Waals surface area contributed by atoms with Gasteiger partial charge in [0, 0.05) is 45.4 Å². The molecule has 31 heavy (non-hydrogen) atoms. The van der Waals surface area contributed by atoms with Crippen LogP contribution in [0.5, 0.6) is 5.75 Å². The Labute approximate surface area is 200 Å². The Hall–Kier alpha value is -2.36. The highest BCUT2D eigenvalue weighted by atomic mass is 127. The Bertz CT molecular complexity index is 887. The molecule has 0 aromatic heterocycles. The molecule has 0 unspecified atom stereocenters. The fraction of sp³-hybridized carbons (Fsp3) is 0.435. The van der Waals surface area contributed by atoms with E-state index in [1.54, 1.807) is 0 Å². The second-order valence-corrected chi connectivity index (χ2v) is 7.19. The van der Waals surface area contributed by atoms with Gasteiger partial charge in [-0.1, -0.05) is 30.3 Å². The third-order valence-corrected chi connectivity index (χ3v) is 4.92. The summed E-state index contributed by atoms with van der Waals surface area (Å²) in [4.78, 5) is 29.6. The fourth-order valence-electron chi connectivity index (χ4n) is 3.38. The van der Waals surface area contributed by atoms with Crippen molar-refractivity contribution >= 4 is 52.5 Å². The lowest BCUT2D eigenvalue weighted by Crippen LogP contribution is -2.46. The Balaban J connectivity index is 0.00000341. The first-order valence-electron chi connectivity index (χ1n) is 10.6. The quantitative estimate of drug-likeness (QED) is 0.168. The van der Waals surface area contributed by atoms with Crippen molar-refractivity contribution in [2.75, 3.05) is 32.8 Å². The van der Waals surface area contributed by atoms with Gasteiger partial charge in [0.2, 0.25) is 11.8 Å². The van der Waals surface area contributed by atoms with Crippen LogP contribution in [-0.4, -0.2) is 55.5 Å². The first kappa shape index (κ1) is 24.9. The number of benzene rings is 2. The van der Waals surface area contributed by atoms with Crippen LogP contribution in [0.3, 0.4) is 0 Å². The number of aliphatic imine (C=N–C) groups is 1. The van der Waals surface area contributed by atoms with Crippen molar-refractivity contribution in [3.63, 3.8) is 0 Å². The molecule has 0 bridgehead atoms. The van der Waals surface area contributed by atoms with E-state index in [0.717, 1.165) is 24.1 Å². The lowest BCUT2D eigenvalue weighted by molar-refractivity contribution is -0.147. The highest BCUT2D eigenvalue weighted by Gasteiger charge is 2.25. The maximum Gasteiger partial charge on any atom is 0.229 e. The van der Waals surface area contributed by atoms with Crippen LogP contribution in [-0.2, 0) is 9.59 Å². The molecule has 3 rings (SSSR count). The molecule has 0 atom stereocenters. The normalized spacial score (nSPS) is 14.4. The molecule has 1 saturated heterocycles. The number of likely N-dealkylation sites (tertiary alicyclic amines) is 1. The van der Waals surface area contributed by atoms with Gasteiger partial charge in [-0.05, 0) is 36.2 Å². The molecule has 0 aliphatic carbocycles. The Morgan fingerprint density at radius 1 is 1.06 bits per heavy atom. The van der Waals surface area contributed by atoms with Gasteiger partial charge in [-0.3, -0.25) is 19.5 Å². The van der Waals surface area contributed by atoms with Crippen LogP contribution >= 0.6 is 24.0 Å². The Morgan fingerprint density at radius 3 is 2.55 bits per heavy atom. The van der Waals surface area contributed by atoms with Crippen molar-refractivity contribution in [3.8, 4) is 5.75 Å². The van der Waals surface area contributed by atoms with E-state index >= 15 is 0 Å². The largest absolute Gasteiger partial charge is 0.494 e. The minimum absolute atomic E-state index is 0. The lowest BCUT2D eigenvalue weighted by atomic mass is 10.1. The molecule has 2 N–H and O–H groups in total. The number of carbonyl (C=O) groups excluding carboxylic acids is 2. The number of carbonyl (C=O) groups is 2. The van der Waals surface area contributed by atoms with E-state index in [1.165, 1.54) is 10.3 Å². The van der Waals surface area contributed by atoms with E-state index in [1.807, 2.05) is 31.2 Å². The maximum atomic E-state index is 11.9. The summed E-state index contributed by atoms with van der Waals surface area (Å²) in [6.45, 7) is 4.78. The van der Waals surface area contributed by atoms with E-state index in [0.29, 0.717) is 51.5 Å². The van der Waals surface area contributed by atoms with Crippen LogP contribution in [0.1, 0.15) is 32.6 Å². The van der Waals surface area contributed by atoms with Gasteiger partial charge in [0.05, 0.1) is 6.61 Å². The van der Waals surface area contributed by atoms with Gasteiger partial charge in [0.15, 0.2) is 5.96 Å². The van der Waals surface area contributed by atoms with Gasteiger partial charge in [-0.2, -0.15) is 0 Å². The number of imide groups is 1. The summed E-state index contributed by atoms with van der Waals surface area (Å²) in [6, 6.07) is 14.3. The van der Waals surface area contributed by atoms with E-state index in [9.17, 15) is 9.59 Å². The summed E-state index contributed by atoms with van der Waals surface area (Å²) < 4.78 is 5.85. The van der Waals surface area contributed by atoms with Gasteiger partial charge >= 0.3 is 0 Å². The lowest BCUT2D eigenvalue weighted by Gasteiger charge is -2.25. The number of halogens is 1. The molecule has 0 saturated carbocycles. The van der Waals surface area contributed by atoms with Crippen molar-refractivity contribution in [2.24, 2.45) is 4.99 Å². The molecular formula is C23H31IN4O3. The Morgan fingerprint density at radius 2 is 1.81 bits per heavy atom. The molecule has 168 valence electrons. The number of piperidine rings is 1. The van der Waals surface area contributed by atoms with E-state index < -0.39 is 0 Å². The predicted molar refractivity (Wildman–Crippen MR) is 134 cm³/mol. The van der Waals surface area contributed by atoms with Gasteiger partial charge in [-0.15, -0.1) is 24.0 Å². The summed E-state index contributed by atoms with van der Waals surface area (Å²) >= 11 is 0. The van der Waals surface area contributed by atoms with Crippen LogP contribution in [0.15, 0.2) is 47.5 Å². The predicted octanol–water partition coefficient (Wildman–Crippen LogP) is 3.32. The molecule has 8 heteroatoms. The van der Waals surface area contributed by atoms with E-state index in [-0.39, 0.29) is 35.8 Å². The number of guanidine groups is 1. The summed E-state index contributed by atoms with van der Waals surface area (Å²) in [5.74, 6) is 1.38. The monoisotopic (exact) mass is 538 g/mol. The van der Waals surface area contributed by atoms with Crippen LogP contribution in [0, 0.1) is 0 Å². The van der Waals surface area contributed by atoms with Gasteiger partial charge in [0.1, 0.15) is 5.75 Å². The van der Waals surface area contributed by atoms with E-state index in [2.05, 4.69) is 33.8 Å². The van der Waals surface area contributed by atoms with Crippen molar-refractivity contribution in [1.29, 1.82) is 0 Å². The summed E-state index contributed by atoms with van der Waals surface area (Å²) in [6.07, 6.45) is 2.35. The highest BCUT2D eigenvalue weighted by Crippen LogP contribution is 2.20. The number of ether oxygens (including phenoxy) is 1. The van der Waals surface area contributed by atoms with Gasteiger partial charge in [0.25, 0.3) is 0 Å². The molecule has 2 amide bonds. The van der Waals surface area contributed by atoms with Crippen LogP contribution < -0.4 is 15.4 Å². The second kappa shape index (κ2) is 13.1. The molecule has 2 aromatic rings. The summed E-state index contributed by atoms with van der Waals surface area (Å²) in [5, 5.41) is 8.73. The third kappa shape index (κ3) is 7.68. The zero-order valence-electron chi connectivity index (χ0n) is 17.9. The first-order valence-corrected chi connectivity index (χ1v) is 10.6. The van der Waals surface area contributed by atoms with Crippen molar-refractivity contribution < 1.29 is 14.3 Å². The molecule has 7 nitrogen and oxygen atoms in total. The number of nitrogens with zero attached hydrogens (tertiary/aromatic N) is 2. The summed E-state index contributed by atoms with van der Waals surface area (Å²) in [5.41, 5.74) is 0. The average molecular weight is 538 g/mol. The number of amides is 2. The third-order valence-electron chi connectivity index (χ3n) is 4.92. The first-order chi connectivity index (χ1) is 14.7. The SMILES string of the molecule is CCNC(=NCCCOc1ccc2ccccc2c1)NCCN1C(=O)CCCC1=O.I. The fourth-order valence-corrected chi connectivity index (χ4v) is 3.38. The smallest absolute Gasteiger partial charge is 0.229 e. The average Bonchev–Trinajstić information content (AvgIpc) is 2.75. The maximum absolute atomic E-state index is 11.9. The molecular weight excluding hydrogens is 507 g/mol. The van der Waals surface area contributed by atoms with Crippen molar-refractivity contribution in [1.82, 2.24) is 15.5 Å². The van der Waals surface area contributed by atoms with Crippen LogP contribution in [0.25, 0.3) is 10.8 Å². The Kier molecular flexibility index (Phi) is 10.6.